The quantitative estimate of drug-likeness (QED) is 0.296. The molecule has 0 aromatic heterocycles. The van der Waals surface area contributed by atoms with Crippen molar-refractivity contribution in [3.63, 3.8) is 0 Å². The zero-order valence-corrected chi connectivity index (χ0v) is 23.4. The van der Waals surface area contributed by atoms with Gasteiger partial charge in [-0.1, -0.05) is 0 Å². The van der Waals surface area contributed by atoms with Crippen molar-refractivity contribution in [2.75, 3.05) is 12.0 Å². The van der Waals surface area contributed by atoms with Crippen LogP contribution < -0.4 is 9.64 Å². The Morgan fingerprint density at radius 1 is 0.932 bits per heavy atom. The molecule has 0 bridgehead atoms. The lowest BCUT2D eigenvalue weighted by atomic mass is 9.87. The van der Waals surface area contributed by atoms with E-state index in [4.69, 9.17) is 9.47 Å². The third-order valence-corrected chi connectivity index (χ3v) is 7.13. The maximum atomic E-state index is 13.6. The van der Waals surface area contributed by atoms with E-state index in [0.717, 1.165) is 30.2 Å². The zero-order valence-electron chi connectivity index (χ0n) is 23.4. The topological polar surface area (TPSA) is 68.3 Å². The molecule has 44 heavy (non-hydrogen) atoms. The Balaban J connectivity index is 1.87. The van der Waals surface area contributed by atoms with Gasteiger partial charge in [0.2, 0.25) is 0 Å². The van der Waals surface area contributed by atoms with E-state index < -0.39 is 78.1 Å². The van der Waals surface area contributed by atoms with Crippen molar-refractivity contribution in [1.29, 1.82) is 0 Å². The summed E-state index contributed by atoms with van der Waals surface area (Å²) in [5, 5.41) is 0. The Morgan fingerprint density at radius 3 is 2.00 bits per heavy atom. The fourth-order valence-corrected chi connectivity index (χ4v) is 5.25. The molecule has 242 valence electrons. The van der Waals surface area contributed by atoms with Gasteiger partial charge in [-0.2, -0.15) is 26.3 Å². The van der Waals surface area contributed by atoms with E-state index in [-0.39, 0.29) is 29.7 Å². The number of fused-ring (bicyclic) bond motifs is 1. The Morgan fingerprint density at radius 2 is 1.52 bits per heavy atom. The number of amides is 2. The predicted molar refractivity (Wildman–Crippen MR) is 135 cm³/mol. The number of hydrogen-bond donors (Lipinski definition) is 0. The van der Waals surface area contributed by atoms with Crippen molar-refractivity contribution in [3.8, 4) is 5.75 Å². The summed E-state index contributed by atoms with van der Waals surface area (Å²) in [5.41, 5.74) is -3.84. The maximum absolute atomic E-state index is 13.6. The molecule has 0 spiro atoms. The number of carbonyl (C=O) groups is 2. The molecule has 0 unspecified atom stereocenters. The highest BCUT2D eigenvalue weighted by Crippen LogP contribution is 2.50. The first-order valence-electron chi connectivity index (χ1n) is 13.3. The van der Waals surface area contributed by atoms with E-state index in [2.05, 4.69) is 4.74 Å². The van der Waals surface area contributed by atoms with Crippen LogP contribution in [0.3, 0.4) is 0 Å². The first kappa shape index (κ1) is 33.1. The SMILES string of the molecule is COC(=O)N(Cc1cc(C(F)(F)F)cc(C(F)(F)F)c1)[C@H]1C[C@@H](C2CC2)N(C(=O)OC(C)C)c2ccc(OC(F)(F)F)cc21. The van der Waals surface area contributed by atoms with Gasteiger partial charge in [-0.05, 0) is 81.0 Å². The zero-order chi connectivity index (χ0) is 32.8. The lowest BCUT2D eigenvalue weighted by Crippen LogP contribution is -2.50. The molecule has 0 radical (unpaired) electrons. The number of benzene rings is 2. The number of carbonyl (C=O) groups excluding carboxylic acids is 2. The summed E-state index contributed by atoms with van der Waals surface area (Å²) < 4.78 is 135. The monoisotopic (exact) mass is 642 g/mol. The molecule has 1 heterocycles. The van der Waals surface area contributed by atoms with Crippen molar-refractivity contribution < 1.29 is 63.3 Å². The van der Waals surface area contributed by atoms with E-state index in [0.29, 0.717) is 25.0 Å². The second-order valence-electron chi connectivity index (χ2n) is 10.7. The Labute approximate surface area is 245 Å². The minimum Gasteiger partial charge on any atom is -0.453 e. The fourth-order valence-electron chi connectivity index (χ4n) is 5.25. The van der Waals surface area contributed by atoms with Gasteiger partial charge in [0.05, 0.1) is 36.1 Å². The van der Waals surface area contributed by atoms with E-state index in [1.54, 1.807) is 13.8 Å². The maximum Gasteiger partial charge on any atom is 0.573 e. The summed E-state index contributed by atoms with van der Waals surface area (Å²) in [4.78, 5) is 28.4. The molecule has 1 aliphatic heterocycles. The number of alkyl halides is 9. The van der Waals surface area contributed by atoms with Crippen LogP contribution in [0.25, 0.3) is 0 Å². The van der Waals surface area contributed by atoms with Gasteiger partial charge in [0.15, 0.2) is 0 Å². The highest BCUT2D eigenvalue weighted by Gasteiger charge is 2.48. The summed E-state index contributed by atoms with van der Waals surface area (Å²) in [6, 6.07) is 1.91. The van der Waals surface area contributed by atoms with Crippen LogP contribution in [-0.4, -0.2) is 42.7 Å². The van der Waals surface area contributed by atoms with Crippen molar-refractivity contribution in [1.82, 2.24) is 4.90 Å². The van der Waals surface area contributed by atoms with Gasteiger partial charge in [0.1, 0.15) is 5.75 Å². The minimum absolute atomic E-state index is 0.0345. The van der Waals surface area contributed by atoms with Gasteiger partial charge < -0.3 is 14.2 Å². The molecule has 1 aliphatic carbocycles. The first-order valence-corrected chi connectivity index (χ1v) is 13.3. The van der Waals surface area contributed by atoms with Gasteiger partial charge in [-0.15, -0.1) is 13.2 Å². The van der Waals surface area contributed by atoms with Crippen molar-refractivity contribution in [2.24, 2.45) is 5.92 Å². The molecular weight excluding hydrogens is 615 g/mol. The molecule has 1 fully saturated rings. The average molecular weight is 643 g/mol. The number of nitrogens with zero attached hydrogens (tertiary/aromatic N) is 2. The molecule has 2 amide bonds. The van der Waals surface area contributed by atoms with Gasteiger partial charge >= 0.3 is 30.9 Å². The highest BCUT2D eigenvalue weighted by molar-refractivity contribution is 5.91. The van der Waals surface area contributed by atoms with Crippen molar-refractivity contribution >= 4 is 17.9 Å². The van der Waals surface area contributed by atoms with Crippen LogP contribution in [0.15, 0.2) is 36.4 Å². The molecule has 16 heteroatoms. The molecule has 2 aromatic carbocycles. The number of methoxy groups -OCH3 is 1. The average Bonchev–Trinajstić information content (AvgIpc) is 3.73. The standard InChI is InChI=1S/C28H27F9N2O5/c1-14(2)43-25(41)39-21-7-6-19(44-28(35,36)37)11-20(21)23(12-22(39)16-4-5-16)38(24(40)42-3)13-15-8-17(26(29,30)31)10-18(9-15)27(32,33)34/h6-11,14,16,22-23H,4-5,12-13H2,1-3H3/t22-,23-/m0/s1. The second kappa shape index (κ2) is 11.9. The molecule has 2 atom stereocenters. The third-order valence-electron chi connectivity index (χ3n) is 7.13. The van der Waals surface area contributed by atoms with Gasteiger partial charge in [-0.25, -0.2) is 9.59 Å². The van der Waals surface area contributed by atoms with Gasteiger partial charge in [-0.3, -0.25) is 9.80 Å². The minimum atomic E-state index is -5.16. The van der Waals surface area contributed by atoms with Gasteiger partial charge in [0.25, 0.3) is 0 Å². The number of anilines is 1. The van der Waals surface area contributed by atoms with E-state index >= 15 is 0 Å². The summed E-state index contributed by atoms with van der Waals surface area (Å²) in [6.45, 7) is 2.32. The fraction of sp³-hybridized carbons (Fsp3) is 0.500. The molecule has 0 N–H and O–H groups in total. The third kappa shape index (κ3) is 7.62. The van der Waals surface area contributed by atoms with Crippen LogP contribution in [0.1, 0.15) is 61.4 Å². The van der Waals surface area contributed by atoms with E-state index in [1.165, 1.54) is 4.90 Å². The van der Waals surface area contributed by atoms with E-state index in [9.17, 15) is 49.1 Å². The van der Waals surface area contributed by atoms with Crippen LogP contribution in [0.5, 0.6) is 5.75 Å². The van der Waals surface area contributed by atoms with Crippen molar-refractivity contribution in [2.45, 2.75) is 76.6 Å². The summed E-state index contributed by atoms with van der Waals surface area (Å²) in [6.07, 6.45) is -16.9. The molecular formula is C28H27F9N2O5. The van der Waals surface area contributed by atoms with Crippen LogP contribution >= 0.6 is 0 Å². The van der Waals surface area contributed by atoms with Crippen LogP contribution in [0.2, 0.25) is 0 Å². The van der Waals surface area contributed by atoms with Crippen LogP contribution in [0, 0.1) is 5.92 Å². The highest BCUT2D eigenvalue weighted by atomic mass is 19.4. The normalized spacial score (nSPS) is 19.0. The Bertz CT molecular complexity index is 1350. The van der Waals surface area contributed by atoms with E-state index in [1.807, 2.05) is 0 Å². The Kier molecular flexibility index (Phi) is 8.95. The predicted octanol–water partition coefficient (Wildman–Crippen LogP) is 8.47. The number of rotatable bonds is 6. The van der Waals surface area contributed by atoms with Gasteiger partial charge in [0, 0.05) is 18.2 Å². The lowest BCUT2D eigenvalue weighted by molar-refractivity contribution is -0.274. The molecule has 1 saturated carbocycles. The molecule has 4 rings (SSSR count). The summed E-state index contributed by atoms with van der Waals surface area (Å²) >= 11 is 0. The van der Waals surface area contributed by atoms with Crippen LogP contribution in [0.4, 0.5) is 54.8 Å². The van der Waals surface area contributed by atoms with Crippen molar-refractivity contribution in [3.05, 3.63) is 58.7 Å². The summed E-state index contributed by atoms with van der Waals surface area (Å²) in [5.74, 6) is -0.854. The second-order valence-corrected chi connectivity index (χ2v) is 10.7. The molecule has 2 aliphatic rings. The number of hydrogen-bond acceptors (Lipinski definition) is 5. The first-order chi connectivity index (χ1) is 20.3. The lowest BCUT2D eigenvalue weighted by Gasteiger charge is -2.44. The molecule has 0 saturated heterocycles. The number of ether oxygens (including phenoxy) is 3. The largest absolute Gasteiger partial charge is 0.573 e. The van der Waals surface area contributed by atoms with Crippen LogP contribution in [-0.2, 0) is 28.4 Å². The molecule has 2 aromatic rings. The number of halogens is 9. The molecule has 7 nitrogen and oxygen atoms in total. The summed E-state index contributed by atoms with van der Waals surface area (Å²) in [7, 11) is 0.931. The smallest absolute Gasteiger partial charge is 0.453 e. The Hall–Kier alpha value is -3.85.